The van der Waals surface area contributed by atoms with Gasteiger partial charge in [0.05, 0.1) is 11.5 Å². The molecule has 0 aromatic carbocycles. The van der Waals surface area contributed by atoms with Crippen LogP contribution >= 0.6 is 0 Å². The van der Waals surface area contributed by atoms with Gasteiger partial charge in [-0.2, -0.15) is 5.26 Å². The van der Waals surface area contributed by atoms with Gasteiger partial charge in [0.25, 0.3) is 0 Å². The number of hydrogen-bond donors (Lipinski definition) is 1. The van der Waals surface area contributed by atoms with Crippen LogP contribution in [0.1, 0.15) is 39.0 Å². The van der Waals surface area contributed by atoms with Crippen molar-refractivity contribution < 1.29 is 14.7 Å². The first-order valence-electron chi connectivity index (χ1n) is 5.88. The number of carboxylic acids is 1. The van der Waals surface area contributed by atoms with Crippen molar-refractivity contribution in [2.24, 2.45) is 5.41 Å². The van der Waals surface area contributed by atoms with E-state index in [4.69, 9.17) is 10.4 Å². The van der Waals surface area contributed by atoms with E-state index in [1.807, 2.05) is 6.92 Å². The van der Waals surface area contributed by atoms with E-state index in [0.717, 1.165) is 12.8 Å². The maximum atomic E-state index is 11.8. The summed E-state index contributed by atoms with van der Waals surface area (Å²) in [7, 11) is 0. The second kappa shape index (κ2) is 5.67. The van der Waals surface area contributed by atoms with Crippen LogP contribution in [0.5, 0.6) is 0 Å². The van der Waals surface area contributed by atoms with E-state index in [9.17, 15) is 9.59 Å². The molecule has 0 radical (unpaired) electrons. The number of likely N-dealkylation sites (tertiary alicyclic amines) is 1. The van der Waals surface area contributed by atoms with E-state index in [2.05, 4.69) is 6.07 Å². The van der Waals surface area contributed by atoms with Crippen LogP contribution in [-0.2, 0) is 9.59 Å². The number of hydrogen-bond acceptors (Lipinski definition) is 3. The number of nitrogens with zero attached hydrogens (tertiary/aromatic N) is 2. The summed E-state index contributed by atoms with van der Waals surface area (Å²) in [4.78, 5) is 23.8. The standard InChI is InChI=1S/C12H18N2O3/c1-12(8-13)6-3-7-14(9-12)10(15)4-2-5-11(16)17/h2-7,9H2,1H3,(H,16,17)/t12-/m0/s1. The molecule has 5 nitrogen and oxygen atoms in total. The van der Waals surface area contributed by atoms with E-state index in [1.54, 1.807) is 4.90 Å². The molecule has 0 aromatic rings. The van der Waals surface area contributed by atoms with Gasteiger partial charge in [0.1, 0.15) is 0 Å². The van der Waals surface area contributed by atoms with Gasteiger partial charge in [-0.05, 0) is 26.2 Å². The molecule has 0 saturated carbocycles. The monoisotopic (exact) mass is 238 g/mol. The Hall–Kier alpha value is -1.57. The predicted octanol–water partition coefficient (Wildman–Crippen LogP) is 1.39. The molecule has 1 aliphatic rings. The SMILES string of the molecule is C[C@@]1(C#N)CCCN(C(=O)CCCC(=O)O)C1. The average Bonchev–Trinajstić information content (AvgIpc) is 2.28. The van der Waals surface area contributed by atoms with E-state index in [-0.39, 0.29) is 18.7 Å². The van der Waals surface area contributed by atoms with Crippen LogP contribution in [0, 0.1) is 16.7 Å². The summed E-state index contributed by atoms with van der Waals surface area (Å²) < 4.78 is 0. The minimum absolute atomic E-state index is 0.0229. The Morgan fingerprint density at radius 1 is 1.47 bits per heavy atom. The van der Waals surface area contributed by atoms with Crippen LogP contribution in [0.25, 0.3) is 0 Å². The van der Waals surface area contributed by atoms with Crippen molar-refractivity contribution in [1.82, 2.24) is 4.90 Å². The van der Waals surface area contributed by atoms with Gasteiger partial charge in [-0.3, -0.25) is 9.59 Å². The Morgan fingerprint density at radius 3 is 2.76 bits per heavy atom. The number of aliphatic carboxylic acids is 1. The Kier molecular flexibility index (Phi) is 4.50. The number of carbonyl (C=O) groups excluding carboxylic acids is 1. The molecule has 1 aliphatic heterocycles. The molecule has 0 unspecified atom stereocenters. The fraction of sp³-hybridized carbons (Fsp3) is 0.750. The molecule has 0 spiro atoms. The summed E-state index contributed by atoms with van der Waals surface area (Å²) in [6, 6.07) is 2.25. The van der Waals surface area contributed by atoms with E-state index < -0.39 is 11.4 Å². The van der Waals surface area contributed by atoms with Gasteiger partial charge in [0.15, 0.2) is 0 Å². The lowest BCUT2D eigenvalue weighted by Crippen LogP contribution is -2.44. The maximum Gasteiger partial charge on any atom is 0.303 e. The highest BCUT2D eigenvalue weighted by Gasteiger charge is 2.32. The van der Waals surface area contributed by atoms with Gasteiger partial charge in [0, 0.05) is 25.9 Å². The third kappa shape index (κ3) is 4.06. The predicted molar refractivity (Wildman–Crippen MR) is 61.0 cm³/mol. The van der Waals surface area contributed by atoms with Crippen molar-refractivity contribution in [2.75, 3.05) is 13.1 Å². The lowest BCUT2D eigenvalue weighted by atomic mass is 9.83. The lowest BCUT2D eigenvalue weighted by Gasteiger charge is -2.36. The summed E-state index contributed by atoms with van der Waals surface area (Å²) in [6.07, 6.45) is 2.31. The number of amides is 1. The van der Waals surface area contributed by atoms with Crippen molar-refractivity contribution in [3.05, 3.63) is 0 Å². The van der Waals surface area contributed by atoms with Crippen LogP contribution in [0.3, 0.4) is 0 Å². The summed E-state index contributed by atoms with van der Waals surface area (Å²) >= 11 is 0. The largest absolute Gasteiger partial charge is 0.481 e. The Balaban J connectivity index is 2.42. The summed E-state index contributed by atoms with van der Waals surface area (Å²) in [5, 5.41) is 17.5. The van der Waals surface area contributed by atoms with Crippen LogP contribution in [0.2, 0.25) is 0 Å². The number of carboxylic acid groups (broad SMARTS) is 1. The highest BCUT2D eigenvalue weighted by atomic mass is 16.4. The zero-order chi connectivity index (χ0) is 12.9. The van der Waals surface area contributed by atoms with Crippen LogP contribution < -0.4 is 0 Å². The Morgan fingerprint density at radius 2 is 2.18 bits per heavy atom. The summed E-state index contributed by atoms with van der Waals surface area (Å²) in [6.45, 7) is 3.02. The molecular weight excluding hydrogens is 220 g/mol. The summed E-state index contributed by atoms with van der Waals surface area (Å²) in [5.74, 6) is -0.911. The fourth-order valence-corrected chi connectivity index (χ4v) is 2.09. The first-order chi connectivity index (χ1) is 7.97. The zero-order valence-corrected chi connectivity index (χ0v) is 10.1. The minimum Gasteiger partial charge on any atom is -0.481 e. The van der Waals surface area contributed by atoms with E-state index in [1.165, 1.54) is 0 Å². The van der Waals surface area contributed by atoms with Crippen LogP contribution in [0.15, 0.2) is 0 Å². The van der Waals surface area contributed by atoms with Crippen molar-refractivity contribution >= 4 is 11.9 Å². The number of piperidine rings is 1. The molecule has 1 saturated heterocycles. The molecule has 1 rings (SSSR count). The van der Waals surface area contributed by atoms with Crippen molar-refractivity contribution in [1.29, 1.82) is 5.26 Å². The molecule has 94 valence electrons. The normalized spacial score (nSPS) is 24.1. The topological polar surface area (TPSA) is 81.4 Å². The Labute approximate surface area is 101 Å². The molecule has 0 bridgehead atoms. The molecule has 1 N–H and O–H groups in total. The highest BCUT2D eigenvalue weighted by molar-refractivity contribution is 5.77. The van der Waals surface area contributed by atoms with Gasteiger partial charge in [-0.1, -0.05) is 0 Å². The minimum atomic E-state index is -0.877. The maximum absolute atomic E-state index is 11.8. The summed E-state index contributed by atoms with van der Waals surface area (Å²) in [5.41, 5.74) is -0.444. The second-order valence-electron chi connectivity index (χ2n) is 4.84. The second-order valence-corrected chi connectivity index (χ2v) is 4.84. The van der Waals surface area contributed by atoms with Gasteiger partial charge in [-0.15, -0.1) is 0 Å². The third-order valence-corrected chi connectivity index (χ3v) is 3.10. The van der Waals surface area contributed by atoms with Crippen LogP contribution in [0.4, 0.5) is 0 Å². The van der Waals surface area contributed by atoms with E-state index >= 15 is 0 Å². The fourth-order valence-electron chi connectivity index (χ4n) is 2.09. The number of nitriles is 1. The number of carbonyl (C=O) groups is 2. The van der Waals surface area contributed by atoms with Crippen molar-refractivity contribution in [3.8, 4) is 6.07 Å². The average molecular weight is 238 g/mol. The number of rotatable bonds is 4. The molecule has 5 heteroatoms. The molecule has 17 heavy (non-hydrogen) atoms. The molecule has 0 aromatic heterocycles. The molecule has 1 atom stereocenters. The van der Waals surface area contributed by atoms with Crippen molar-refractivity contribution in [3.63, 3.8) is 0 Å². The quantitative estimate of drug-likeness (QED) is 0.802. The third-order valence-electron chi connectivity index (χ3n) is 3.10. The molecule has 1 amide bonds. The Bertz CT molecular complexity index is 348. The first kappa shape index (κ1) is 13.5. The molecule has 1 fully saturated rings. The van der Waals surface area contributed by atoms with Gasteiger partial charge < -0.3 is 10.0 Å². The zero-order valence-electron chi connectivity index (χ0n) is 10.1. The van der Waals surface area contributed by atoms with Crippen LogP contribution in [-0.4, -0.2) is 35.0 Å². The molecule has 0 aliphatic carbocycles. The van der Waals surface area contributed by atoms with Crippen molar-refractivity contribution in [2.45, 2.75) is 39.0 Å². The lowest BCUT2D eigenvalue weighted by molar-refractivity contribution is -0.137. The van der Waals surface area contributed by atoms with Gasteiger partial charge >= 0.3 is 5.97 Å². The molecule has 1 heterocycles. The van der Waals surface area contributed by atoms with Gasteiger partial charge in [-0.25, -0.2) is 0 Å². The van der Waals surface area contributed by atoms with Gasteiger partial charge in [0.2, 0.25) is 5.91 Å². The van der Waals surface area contributed by atoms with E-state index in [0.29, 0.717) is 19.5 Å². The smallest absolute Gasteiger partial charge is 0.303 e. The molecular formula is C12H18N2O3. The highest BCUT2D eigenvalue weighted by Crippen LogP contribution is 2.28. The first-order valence-corrected chi connectivity index (χ1v) is 5.88.